The molecule has 0 bridgehead atoms. The average Bonchev–Trinajstić information content (AvgIpc) is 2.47. The zero-order valence-corrected chi connectivity index (χ0v) is 13.4. The third kappa shape index (κ3) is 3.85. The molecule has 1 atom stereocenters. The Kier molecular flexibility index (Phi) is 5.02. The molecule has 0 radical (unpaired) electrons. The van der Waals surface area contributed by atoms with E-state index >= 15 is 0 Å². The first-order valence-electron chi connectivity index (χ1n) is 6.92. The van der Waals surface area contributed by atoms with Gasteiger partial charge in [0.2, 0.25) is 0 Å². The monoisotopic (exact) mass is 303 g/mol. The summed E-state index contributed by atoms with van der Waals surface area (Å²) in [6, 6.07) is 13.5. The van der Waals surface area contributed by atoms with Crippen molar-refractivity contribution in [3.63, 3.8) is 0 Å². The van der Waals surface area contributed by atoms with E-state index in [0.717, 1.165) is 10.5 Å². The summed E-state index contributed by atoms with van der Waals surface area (Å²) in [5.74, 6) is 1.58. The molecule has 4 heteroatoms. The molecule has 0 saturated carbocycles. The van der Waals surface area contributed by atoms with Crippen LogP contribution < -0.4 is 10.5 Å². The third-order valence-corrected chi connectivity index (χ3v) is 4.80. The molecule has 21 heavy (non-hydrogen) atoms. The van der Waals surface area contributed by atoms with Crippen molar-refractivity contribution in [2.75, 3.05) is 12.8 Å². The van der Waals surface area contributed by atoms with E-state index in [-0.39, 0.29) is 0 Å². The van der Waals surface area contributed by atoms with E-state index < -0.39 is 10.8 Å². The summed E-state index contributed by atoms with van der Waals surface area (Å²) in [5, 5.41) is 0. The maximum absolute atomic E-state index is 12.4. The third-order valence-electron chi connectivity index (χ3n) is 3.40. The molecule has 2 aromatic carbocycles. The minimum absolute atomic E-state index is 0.454. The lowest BCUT2D eigenvalue weighted by Gasteiger charge is -2.09. The molecule has 0 aliphatic rings. The smallest absolute Gasteiger partial charge is 0.141 e. The van der Waals surface area contributed by atoms with Crippen LogP contribution in [0.2, 0.25) is 0 Å². The Morgan fingerprint density at radius 2 is 1.81 bits per heavy atom. The molecule has 0 aliphatic heterocycles. The number of nitrogens with two attached hydrogens (primary N) is 1. The quantitative estimate of drug-likeness (QED) is 0.857. The molecule has 3 nitrogen and oxygen atoms in total. The van der Waals surface area contributed by atoms with Crippen molar-refractivity contribution in [2.24, 2.45) is 0 Å². The molecule has 112 valence electrons. The van der Waals surface area contributed by atoms with Gasteiger partial charge in [0, 0.05) is 4.90 Å². The Morgan fingerprint density at radius 1 is 1.14 bits per heavy atom. The second-order valence-corrected chi connectivity index (χ2v) is 6.74. The topological polar surface area (TPSA) is 52.3 Å². The van der Waals surface area contributed by atoms with Crippen LogP contribution in [0.5, 0.6) is 5.75 Å². The Labute approximate surface area is 128 Å². The van der Waals surface area contributed by atoms with Crippen LogP contribution in [0, 0.1) is 0 Å². The van der Waals surface area contributed by atoms with Gasteiger partial charge in [-0.05, 0) is 41.3 Å². The predicted molar refractivity (Wildman–Crippen MR) is 88.0 cm³/mol. The van der Waals surface area contributed by atoms with Crippen molar-refractivity contribution in [3.05, 3.63) is 53.6 Å². The SMILES string of the molecule is COc1ccc(CS(=O)c2ccc(C(C)C)cc2)cc1N. The molecule has 0 aromatic heterocycles. The second kappa shape index (κ2) is 6.76. The van der Waals surface area contributed by atoms with E-state index in [0.29, 0.717) is 23.1 Å². The molecule has 2 aromatic rings. The van der Waals surface area contributed by atoms with Gasteiger partial charge in [-0.25, -0.2) is 0 Å². The van der Waals surface area contributed by atoms with Gasteiger partial charge >= 0.3 is 0 Å². The number of nitrogen functional groups attached to an aromatic ring is 1. The largest absolute Gasteiger partial charge is 0.495 e. The van der Waals surface area contributed by atoms with Crippen molar-refractivity contribution in [1.82, 2.24) is 0 Å². The number of ether oxygens (including phenoxy) is 1. The molecule has 2 rings (SSSR count). The van der Waals surface area contributed by atoms with Gasteiger partial charge in [0.15, 0.2) is 0 Å². The zero-order valence-electron chi connectivity index (χ0n) is 12.6. The standard InChI is InChI=1S/C17H21NO2S/c1-12(2)14-5-7-15(8-6-14)21(19)11-13-4-9-17(20-3)16(18)10-13/h4-10,12H,11,18H2,1-3H3. The van der Waals surface area contributed by atoms with Crippen molar-refractivity contribution in [1.29, 1.82) is 0 Å². The lowest BCUT2D eigenvalue weighted by atomic mass is 10.0. The van der Waals surface area contributed by atoms with Gasteiger partial charge in [-0.3, -0.25) is 4.21 Å². The van der Waals surface area contributed by atoms with E-state index in [1.165, 1.54) is 5.56 Å². The fourth-order valence-electron chi connectivity index (χ4n) is 2.11. The number of anilines is 1. The van der Waals surface area contributed by atoms with Crippen molar-refractivity contribution < 1.29 is 8.95 Å². The van der Waals surface area contributed by atoms with Crippen molar-refractivity contribution in [2.45, 2.75) is 30.4 Å². The molecule has 0 fully saturated rings. The maximum Gasteiger partial charge on any atom is 0.141 e. The van der Waals surface area contributed by atoms with Crippen LogP contribution >= 0.6 is 0 Å². The Balaban J connectivity index is 2.12. The van der Waals surface area contributed by atoms with E-state index in [1.807, 2.05) is 42.5 Å². The second-order valence-electron chi connectivity index (χ2n) is 5.29. The molecule has 0 saturated heterocycles. The highest BCUT2D eigenvalue weighted by atomic mass is 32.2. The van der Waals surface area contributed by atoms with Gasteiger partial charge in [0.25, 0.3) is 0 Å². The number of hydrogen-bond acceptors (Lipinski definition) is 3. The number of benzene rings is 2. The van der Waals surface area contributed by atoms with Crippen molar-refractivity contribution in [3.8, 4) is 5.75 Å². The fraction of sp³-hybridized carbons (Fsp3) is 0.294. The summed E-state index contributed by atoms with van der Waals surface area (Å²) < 4.78 is 17.5. The molecule has 2 N–H and O–H groups in total. The highest BCUT2D eigenvalue weighted by Gasteiger charge is 2.08. The lowest BCUT2D eigenvalue weighted by molar-refractivity contribution is 0.417. The average molecular weight is 303 g/mol. The predicted octanol–water partition coefficient (Wildman–Crippen LogP) is 3.71. The first kappa shape index (κ1) is 15.6. The van der Waals surface area contributed by atoms with Crippen LogP contribution in [0.3, 0.4) is 0 Å². The maximum atomic E-state index is 12.4. The molecular weight excluding hydrogens is 282 g/mol. The minimum atomic E-state index is -1.07. The molecule has 0 amide bonds. The van der Waals surface area contributed by atoms with Gasteiger partial charge < -0.3 is 10.5 Å². The van der Waals surface area contributed by atoms with Crippen LogP contribution in [0.1, 0.15) is 30.9 Å². The number of rotatable bonds is 5. The zero-order chi connectivity index (χ0) is 15.4. The van der Waals surface area contributed by atoms with Crippen LogP contribution in [0.15, 0.2) is 47.4 Å². The molecular formula is C17H21NO2S. The molecule has 0 spiro atoms. The first-order chi connectivity index (χ1) is 10.0. The van der Waals surface area contributed by atoms with Gasteiger partial charge in [0.05, 0.1) is 29.3 Å². The molecule has 0 aliphatic carbocycles. The summed E-state index contributed by atoms with van der Waals surface area (Å²) >= 11 is 0. The van der Waals surface area contributed by atoms with Crippen molar-refractivity contribution >= 4 is 16.5 Å². The van der Waals surface area contributed by atoms with Gasteiger partial charge in [0.1, 0.15) is 5.75 Å². The minimum Gasteiger partial charge on any atom is -0.495 e. The fourth-order valence-corrected chi connectivity index (χ4v) is 3.20. The van der Waals surface area contributed by atoms with Gasteiger partial charge in [-0.1, -0.05) is 32.0 Å². The summed E-state index contributed by atoms with van der Waals surface area (Å²) in [4.78, 5) is 0.841. The summed E-state index contributed by atoms with van der Waals surface area (Å²) in [6.45, 7) is 4.29. The first-order valence-corrected chi connectivity index (χ1v) is 8.24. The van der Waals surface area contributed by atoms with E-state index in [1.54, 1.807) is 7.11 Å². The van der Waals surface area contributed by atoms with E-state index in [9.17, 15) is 4.21 Å². The Morgan fingerprint density at radius 3 is 2.33 bits per heavy atom. The highest BCUT2D eigenvalue weighted by molar-refractivity contribution is 7.84. The Hall–Kier alpha value is -1.81. The lowest BCUT2D eigenvalue weighted by Crippen LogP contribution is -1.99. The van der Waals surface area contributed by atoms with Crippen LogP contribution in [0.4, 0.5) is 5.69 Å². The number of methoxy groups -OCH3 is 1. The van der Waals surface area contributed by atoms with E-state index in [4.69, 9.17) is 10.5 Å². The number of hydrogen-bond donors (Lipinski definition) is 1. The van der Waals surface area contributed by atoms with Crippen LogP contribution in [-0.2, 0) is 16.6 Å². The summed E-state index contributed by atoms with van der Waals surface area (Å²) in [7, 11) is 0.514. The molecule has 1 unspecified atom stereocenters. The van der Waals surface area contributed by atoms with Crippen LogP contribution in [0.25, 0.3) is 0 Å². The molecule has 0 heterocycles. The highest BCUT2D eigenvalue weighted by Crippen LogP contribution is 2.24. The van der Waals surface area contributed by atoms with Crippen LogP contribution in [-0.4, -0.2) is 11.3 Å². The Bertz CT molecular complexity index is 636. The summed E-state index contributed by atoms with van der Waals surface area (Å²) in [6.07, 6.45) is 0. The van der Waals surface area contributed by atoms with E-state index in [2.05, 4.69) is 13.8 Å². The van der Waals surface area contributed by atoms with Gasteiger partial charge in [-0.15, -0.1) is 0 Å². The normalized spacial score (nSPS) is 12.4. The van der Waals surface area contributed by atoms with Gasteiger partial charge in [-0.2, -0.15) is 0 Å². The summed E-state index contributed by atoms with van der Waals surface area (Å²) in [5.41, 5.74) is 8.65.